The number of carbonyl (C=O) groups is 1. The number of fused-ring (bicyclic) bond motifs is 4. The predicted molar refractivity (Wildman–Crippen MR) is 107 cm³/mol. The molecule has 3 aromatic rings. The van der Waals surface area contributed by atoms with E-state index in [1.807, 2.05) is 54.6 Å². The summed E-state index contributed by atoms with van der Waals surface area (Å²) in [5, 5.41) is 0. The summed E-state index contributed by atoms with van der Waals surface area (Å²) in [6.45, 7) is 1.38. The number of hydrogen-bond acceptors (Lipinski definition) is 5. The van der Waals surface area contributed by atoms with E-state index in [2.05, 4.69) is 0 Å². The van der Waals surface area contributed by atoms with Crippen molar-refractivity contribution in [1.82, 2.24) is 4.90 Å². The molecule has 0 fully saturated rings. The van der Waals surface area contributed by atoms with Crippen molar-refractivity contribution in [2.24, 2.45) is 0 Å². The van der Waals surface area contributed by atoms with Gasteiger partial charge in [0.15, 0.2) is 17.6 Å². The molecule has 142 valence electrons. The van der Waals surface area contributed by atoms with Gasteiger partial charge in [-0.25, -0.2) is 0 Å². The largest absolute Gasteiger partial charge is 0.488 e. The second-order valence-corrected chi connectivity index (χ2v) is 7.99. The summed E-state index contributed by atoms with van der Waals surface area (Å²) >= 11 is 1.52. The molecule has 1 aromatic heterocycles. The van der Waals surface area contributed by atoms with Gasteiger partial charge in [0.05, 0.1) is 11.4 Å². The van der Waals surface area contributed by atoms with Crippen molar-refractivity contribution in [3.8, 4) is 27.7 Å². The third kappa shape index (κ3) is 2.99. The van der Waals surface area contributed by atoms with Gasteiger partial charge in [0.25, 0.3) is 5.91 Å². The average molecular weight is 393 g/mol. The van der Waals surface area contributed by atoms with Crippen LogP contribution in [-0.4, -0.2) is 37.1 Å². The summed E-state index contributed by atoms with van der Waals surface area (Å²) in [5.74, 6) is 2.33. The first-order valence-corrected chi connectivity index (χ1v) is 9.99. The van der Waals surface area contributed by atoms with Gasteiger partial charge in [-0.3, -0.25) is 4.79 Å². The number of carbonyl (C=O) groups excluding carboxylic acids is 1. The van der Waals surface area contributed by atoms with Crippen LogP contribution < -0.4 is 14.2 Å². The molecule has 2 aliphatic rings. The normalized spacial score (nSPS) is 16.5. The van der Waals surface area contributed by atoms with Crippen LogP contribution in [0.1, 0.15) is 15.2 Å². The summed E-state index contributed by atoms with van der Waals surface area (Å²) in [6.07, 6.45) is -0.192. The van der Waals surface area contributed by atoms with Crippen LogP contribution in [0.15, 0.2) is 54.6 Å². The Bertz CT molecular complexity index is 1040. The second kappa shape index (κ2) is 6.87. The number of thiophene rings is 1. The van der Waals surface area contributed by atoms with E-state index in [0.717, 1.165) is 33.3 Å². The molecule has 5 rings (SSSR count). The van der Waals surface area contributed by atoms with Crippen molar-refractivity contribution in [1.29, 1.82) is 0 Å². The molecule has 0 N–H and O–H groups in total. The summed E-state index contributed by atoms with van der Waals surface area (Å²) in [7, 11) is 1.80. The first kappa shape index (κ1) is 17.1. The minimum atomic E-state index is -0.192. The topological polar surface area (TPSA) is 48.0 Å². The first-order chi connectivity index (χ1) is 13.7. The van der Waals surface area contributed by atoms with E-state index < -0.39 is 0 Å². The molecular weight excluding hydrogens is 374 g/mol. The SMILES string of the molecule is CN(CC1COc2ccccc2O1)C(=O)c1cc2c(s1)-c1ccccc1OC2. The van der Waals surface area contributed by atoms with Crippen LogP contribution in [0.5, 0.6) is 17.2 Å². The van der Waals surface area contributed by atoms with Crippen molar-refractivity contribution in [2.75, 3.05) is 20.2 Å². The van der Waals surface area contributed by atoms with E-state index in [9.17, 15) is 4.79 Å². The molecule has 2 aliphatic heterocycles. The molecule has 0 saturated heterocycles. The lowest BCUT2D eigenvalue weighted by atomic mass is 10.1. The molecule has 3 heterocycles. The quantitative estimate of drug-likeness (QED) is 0.669. The lowest BCUT2D eigenvalue weighted by molar-refractivity contribution is 0.0524. The molecule has 5 nitrogen and oxygen atoms in total. The van der Waals surface area contributed by atoms with Crippen molar-refractivity contribution < 1.29 is 19.0 Å². The zero-order valence-electron chi connectivity index (χ0n) is 15.4. The van der Waals surface area contributed by atoms with Crippen LogP contribution in [0.25, 0.3) is 10.4 Å². The summed E-state index contributed by atoms with van der Waals surface area (Å²) < 4.78 is 17.5. The van der Waals surface area contributed by atoms with Crippen molar-refractivity contribution in [2.45, 2.75) is 12.7 Å². The highest BCUT2D eigenvalue weighted by Gasteiger charge is 2.27. The summed E-state index contributed by atoms with van der Waals surface area (Å²) in [4.78, 5) is 16.5. The van der Waals surface area contributed by atoms with Crippen molar-refractivity contribution >= 4 is 17.2 Å². The van der Waals surface area contributed by atoms with Gasteiger partial charge in [0.1, 0.15) is 19.0 Å². The lowest BCUT2D eigenvalue weighted by Gasteiger charge is -2.29. The second-order valence-electron chi connectivity index (χ2n) is 6.93. The zero-order valence-corrected chi connectivity index (χ0v) is 16.2. The van der Waals surface area contributed by atoms with Gasteiger partial charge >= 0.3 is 0 Å². The number of nitrogens with zero attached hydrogens (tertiary/aromatic N) is 1. The summed E-state index contributed by atoms with van der Waals surface area (Å²) in [6, 6.07) is 17.5. The van der Waals surface area contributed by atoms with E-state index in [4.69, 9.17) is 14.2 Å². The molecule has 2 aromatic carbocycles. The average Bonchev–Trinajstić information content (AvgIpc) is 3.18. The van der Waals surface area contributed by atoms with Crippen LogP contribution in [0, 0.1) is 0 Å². The van der Waals surface area contributed by atoms with Gasteiger partial charge in [0, 0.05) is 23.1 Å². The Morgan fingerprint density at radius 2 is 1.82 bits per heavy atom. The van der Waals surface area contributed by atoms with Crippen molar-refractivity contribution in [3.63, 3.8) is 0 Å². The number of benzene rings is 2. The Kier molecular flexibility index (Phi) is 4.20. The molecule has 0 spiro atoms. The predicted octanol–water partition coefficient (Wildman–Crippen LogP) is 4.22. The lowest BCUT2D eigenvalue weighted by Crippen LogP contribution is -2.41. The molecule has 28 heavy (non-hydrogen) atoms. The molecule has 6 heteroatoms. The maximum atomic E-state index is 13.0. The fourth-order valence-electron chi connectivity index (χ4n) is 3.53. The monoisotopic (exact) mass is 393 g/mol. The maximum absolute atomic E-state index is 13.0. The molecule has 1 amide bonds. The minimum absolute atomic E-state index is 0.0145. The number of rotatable bonds is 3. The number of para-hydroxylation sites is 3. The van der Waals surface area contributed by atoms with Gasteiger partial charge in [-0.15, -0.1) is 11.3 Å². The first-order valence-electron chi connectivity index (χ1n) is 9.18. The number of likely N-dealkylation sites (N-methyl/N-ethyl adjacent to an activating group) is 1. The van der Waals surface area contributed by atoms with Crippen molar-refractivity contribution in [3.05, 3.63) is 65.0 Å². The highest BCUT2D eigenvalue weighted by Crippen LogP contribution is 2.42. The number of ether oxygens (including phenoxy) is 3. The maximum Gasteiger partial charge on any atom is 0.263 e. The van der Waals surface area contributed by atoms with Gasteiger partial charge in [-0.2, -0.15) is 0 Å². The molecule has 1 atom stereocenters. The summed E-state index contributed by atoms with van der Waals surface area (Å²) in [5.41, 5.74) is 2.11. The highest BCUT2D eigenvalue weighted by molar-refractivity contribution is 7.17. The van der Waals surface area contributed by atoms with Gasteiger partial charge in [-0.1, -0.05) is 24.3 Å². The third-order valence-corrected chi connectivity index (χ3v) is 6.12. The van der Waals surface area contributed by atoms with Gasteiger partial charge in [0.2, 0.25) is 0 Å². The van der Waals surface area contributed by atoms with Crippen LogP contribution in [0.3, 0.4) is 0 Å². The molecule has 0 aliphatic carbocycles. The van der Waals surface area contributed by atoms with E-state index in [1.165, 1.54) is 11.3 Å². The Morgan fingerprint density at radius 1 is 1.07 bits per heavy atom. The number of hydrogen-bond donors (Lipinski definition) is 0. The van der Waals surface area contributed by atoms with E-state index in [0.29, 0.717) is 24.6 Å². The molecule has 0 bridgehead atoms. The smallest absolute Gasteiger partial charge is 0.263 e. The molecular formula is C22H19NO4S. The van der Waals surface area contributed by atoms with E-state index >= 15 is 0 Å². The Hall–Kier alpha value is -2.99. The minimum Gasteiger partial charge on any atom is -0.488 e. The fraction of sp³-hybridized carbons (Fsp3) is 0.227. The van der Waals surface area contributed by atoms with Gasteiger partial charge < -0.3 is 19.1 Å². The zero-order chi connectivity index (χ0) is 19.1. The fourth-order valence-corrected chi connectivity index (χ4v) is 4.73. The number of amides is 1. The molecule has 0 radical (unpaired) electrons. The van der Waals surface area contributed by atoms with Gasteiger partial charge in [-0.05, 0) is 30.3 Å². The Labute approximate surface area is 167 Å². The van der Waals surface area contributed by atoms with E-state index in [-0.39, 0.29) is 12.0 Å². The van der Waals surface area contributed by atoms with Crippen LogP contribution in [0.4, 0.5) is 0 Å². The third-order valence-electron chi connectivity index (χ3n) is 4.93. The van der Waals surface area contributed by atoms with Crippen LogP contribution >= 0.6 is 11.3 Å². The van der Waals surface area contributed by atoms with Crippen LogP contribution in [-0.2, 0) is 6.61 Å². The molecule has 1 unspecified atom stereocenters. The van der Waals surface area contributed by atoms with E-state index in [1.54, 1.807) is 11.9 Å². The molecule has 0 saturated carbocycles. The standard InChI is InChI=1S/C22H19NO4S/c1-23(11-15-13-26-18-8-4-5-9-19(18)27-15)22(24)20-10-14-12-25-17-7-3-2-6-16(17)21(14)28-20/h2-10,15H,11-13H2,1H3. The van der Waals surface area contributed by atoms with Crippen LogP contribution in [0.2, 0.25) is 0 Å². The Morgan fingerprint density at radius 3 is 2.68 bits per heavy atom. The Balaban J connectivity index is 1.32. The highest BCUT2D eigenvalue weighted by atomic mass is 32.1.